The molecular formula is C17H13NO2. The van der Waals surface area contributed by atoms with Crippen molar-refractivity contribution < 1.29 is 9.53 Å². The molecule has 2 rings (SSSR count). The fraction of sp³-hybridized carbons (Fsp3) is 0.0588. The molecule has 0 atom stereocenters. The molecule has 0 aliphatic heterocycles. The largest absolute Gasteiger partial charge is 0.458 e. The summed E-state index contributed by atoms with van der Waals surface area (Å²) in [4.78, 5) is 11.6. The maximum Gasteiger partial charge on any atom is 0.331 e. The first kappa shape index (κ1) is 13.6. The van der Waals surface area contributed by atoms with E-state index in [9.17, 15) is 4.79 Å². The highest BCUT2D eigenvalue weighted by Crippen LogP contribution is 2.09. The molecule has 2 aromatic carbocycles. The zero-order chi connectivity index (χ0) is 14.2. The maximum atomic E-state index is 11.6. The second-order valence-corrected chi connectivity index (χ2v) is 4.12. The average Bonchev–Trinajstić information content (AvgIpc) is 2.52. The van der Waals surface area contributed by atoms with Crippen LogP contribution in [0.2, 0.25) is 0 Å². The van der Waals surface area contributed by atoms with Crippen LogP contribution < -0.4 is 0 Å². The van der Waals surface area contributed by atoms with Gasteiger partial charge in [-0.25, -0.2) is 4.79 Å². The van der Waals surface area contributed by atoms with Crippen molar-refractivity contribution in [3.63, 3.8) is 0 Å². The van der Waals surface area contributed by atoms with Crippen LogP contribution in [-0.4, -0.2) is 5.97 Å². The first-order valence-corrected chi connectivity index (χ1v) is 6.17. The van der Waals surface area contributed by atoms with E-state index in [0.717, 1.165) is 5.56 Å². The lowest BCUT2D eigenvalue weighted by Crippen LogP contribution is -2.02. The highest BCUT2D eigenvalue weighted by atomic mass is 16.5. The molecule has 0 heterocycles. The van der Waals surface area contributed by atoms with Crippen LogP contribution in [0.1, 0.15) is 16.7 Å². The summed E-state index contributed by atoms with van der Waals surface area (Å²) in [6.45, 7) is 0.0989. The monoisotopic (exact) mass is 263 g/mol. The van der Waals surface area contributed by atoms with E-state index in [1.165, 1.54) is 6.08 Å². The van der Waals surface area contributed by atoms with Gasteiger partial charge in [0.2, 0.25) is 0 Å². The first-order chi connectivity index (χ1) is 9.79. The molecule has 0 spiro atoms. The maximum absolute atomic E-state index is 11.6. The molecule has 0 aromatic heterocycles. The number of nitrogens with zero attached hydrogens (tertiary/aromatic N) is 1. The van der Waals surface area contributed by atoms with Gasteiger partial charge >= 0.3 is 5.97 Å². The topological polar surface area (TPSA) is 50.1 Å². The van der Waals surface area contributed by atoms with E-state index in [2.05, 4.69) is 6.07 Å². The highest BCUT2D eigenvalue weighted by Gasteiger charge is 2.03. The summed E-state index contributed by atoms with van der Waals surface area (Å²) >= 11 is 0. The van der Waals surface area contributed by atoms with E-state index >= 15 is 0 Å². The zero-order valence-corrected chi connectivity index (χ0v) is 10.8. The van der Waals surface area contributed by atoms with E-state index in [-0.39, 0.29) is 6.61 Å². The minimum Gasteiger partial charge on any atom is -0.458 e. The minimum absolute atomic E-state index is 0.0989. The van der Waals surface area contributed by atoms with E-state index in [1.807, 2.05) is 36.4 Å². The van der Waals surface area contributed by atoms with Gasteiger partial charge in [-0.2, -0.15) is 5.26 Å². The lowest BCUT2D eigenvalue weighted by Gasteiger charge is -2.03. The predicted molar refractivity (Wildman–Crippen MR) is 76.4 cm³/mol. The van der Waals surface area contributed by atoms with Gasteiger partial charge in [-0.3, -0.25) is 0 Å². The number of carbonyl (C=O) groups excluding carboxylic acids is 1. The molecule has 0 unspecified atom stereocenters. The Morgan fingerprint density at radius 2 is 1.80 bits per heavy atom. The van der Waals surface area contributed by atoms with Crippen LogP contribution in [0.25, 0.3) is 6.08 Å². The van der Waals surface area contributed by atoms with Gasteiger partial charge in [0.05, 0.1) is 11.6 Å². The normalized spacial score (nSPS) is 10.2. The molecule has 0 fully saturated rings. The van der Waals surface area contributed by atoms with E-state index in [1.54, 1.807) is 24.3 Å². The number of hydrogen-bond acceptors (Lipinski definition) is 3. The van der Waals surface area contributed by atoms with Gasteiger partial charge < -0.3 is 4.74 Å². The summed E-state index contributed by atoms with van der Waals surface area (Å²) in [5.74, 6) is -0.429. The number of carbonyl (C=O) groups is 1. The van der Waals surface area contributed by atoms with E-state index in [0.29, 0.717) is 11.1 Å². The number of ether oxygens (including phenoxy) is 1. The Kier molecular flexibility index (Phi) is 4.69. The third-order valence-corrected chi connectivity index (χ3v) is 2.72. The molecule has 98 valence electrons. The van der Waals surface area contributed by atoms with Crippen LogP contribution in [0, 0.1) is 11.3 Å². The number of rotatable bonds is 4. The Hall–Kier alpha value is -2.86. The number of benzene rings is 2. The fourth-order valence-corrected chi connectivity index (χ4v) is 1.68. The van der Waals surface area contributed by atoms with Crippen molar-refractivity contribution in [2.24, 2.45) is 0 Å². The van der Waals surface area contributed by atoms with Crippen molar-refractivity contribution in [2.75, 3.05) is 0 Å². The van der Waals surface area contributed by atoms with Crippen LogP contribution in [-0.2, 0) is 16.1 Å². The Morgan fingerprint density at radius 1 is 1.10 bits per heavy atom. The first-order valence-electron chi connectivity index (χ1n) is 6.17. The predicted octanol–water partition coefficient (Wildman–Crippen LogP) is 3.31. The standard InChI is InChI=1S/C17H13NO2/c18-12-15-8-4-5-9-16(15)13-20-17(19)11-10-14-6-2-1-3-7-14/h1-11H,13H2. The van der Waals surface area contributed by atoms with Gasteiger partial charge in [0.1, 0.15) is 6.61 Å². The molecular weight excluding hydrogens is 250 g/mol. The molecule has 0 bridgehead atoms. The third-order valence-electron chi connectivity index (χ3n) is 2.72. The molecule has 0 saturated heterocycles. The van der Waals surface area contributed by atoms with Gasteiger partial charge in [-0.05, 0) is 17.7 Å². The fourth-order valence-electron chi connectivity index (χ4n) is 1.68. The summed E-state index contributed by atoms with van der Waals surface area (Å²) in [6, 6.07) is 18.6. The Bertz CT molecular complexity index is 654. The summed E-state index contributed by atoms with van der Waals surface area (Å²) in [7, 11) is 0. The van der Waals surface area contributed by atoms with Gasteiger partial charge in [0, 0.05) is 11.6 Å². The molecule has 0 aliphatic carbocycles. The van der Waals surface area contributed by atoms with Crippen LogP contribution in [0.5, 0.6) is 0 Å². The van der Waals surface area contributed by atoms with Crippen molar-refractivity contribution in [2.45, 2.75) is 6.61 Å². The molecule has 0 aliphatic rings. The molecule has 0 N–H and O–H groups in total. The minimum atomic E-state index is -0.429. The summed E-state index contributed by atoms with van der Waals surface area (Å²) in [6.07, 6.45) is 3.07. The van der Waals surface area contributed by atoms with Crippen LogP contribution in [0.15, 0.2) is 60.7 Å². The zero-order valence-electron chi connectivity index (χ0n) is 10.8. The molecule has 3 heteroatoms. The Morgan fingerprint density at radius 3 is 2.55 bits per heavy atom. The third kappa shape index (κ3) is 3.82. The van der Waals surface area contributed by atoms with Crippen LogP contribution in [0.4, 0.5) is 0 Å². The highest BCUT2D eigenvalue weighted by molar-refractivity contribution is 5.87. The molecule has 0 radical (unpaired) electrons. The van der Waals surface area contributed by atoms with Crippen molar-refractivity contribution in [3.8, 4) is 6.07 Å². The van der Waals surface area contributed by atoms with E-state index in [4.69, 9.17) is 10.00 Å². The lowest BCUT2D eigenvalue weighted by molar-refractivity contribution is -0.138. The number of nitriles is 1. The van der Waals surface area contributed by atoms with Gasteiger partial charge in [0.25, 0.3) is 0 Å². The van der Waals surface area contributed by atoms with E-state index < -0.39 is 5.97 Å². The van der Waals surface area contributed by atoms with Gasteiger partial charge in [-0.15, -0.1) is 0 Å². The molecule has 20 heavy (non-hydrogen) atoms. The summed E-state index contributed by atoms with van der Waals surface area (Å²) in [5, 5.41) is 8.93. The van der Waals surface area contributed by atoms with Crippen LogP contribution >= 0.6 is 0 Å². The van der Waals surface area contributed by atoms with Crippen molar-refractivity contribution in [3.05, 3.63) is 77.4 Å². The van der Waals surface area contributed by atoms with Crippen LogP contribution in [0.3, 0.4) is 0 Å². The SMILES string of the molecule is N#Cc1ccccc1COC(=O)C=Cc1ccccc1. The average molecular weight is 263 g/mol. The second-order valence-electron chi connectivity index (χ2n) is 4.12. The quantitative estimate of drug-likeness (QED) is 0.628. The second kappa shape index (κ2) is 6.91. The molecule has 3 nitrogen and oxygen atoms in total. The van der Waals surface area contributed by atoms with Gasteiger partial charge in [0.15, 0.2) is 0 Å². The molecule has 0 amide bonds. The Balaban J connectivity index is 1.93. The summed E-state index contributed by atoms with van der Waals surface area (Å²) < 4.78 is 5.12. The smallest absolute Gasteiger partial charge is 0.331 e. The lowest BCUT2D eigenvalue weighted by atomic mass is 10.1. The van der Waals surface area contributed by atoms with Crippen molar-refractivity contribution >= 4 is 12.0 Å². The van der Waals surface area contributed by atoms with Crippen molar-refractivity contribution in [1.82, 2.24) is 0 Å². The molecule has 2 aromatic rings. The number of esters is 1. The van der Waals surface area contributed by atoms with Crippen molar-refractivity contribution in [1.29, 1.82) is 5.26 Å². The summed E-state index contributed by atoms with van der Waals surface area (Å²) in [5.41, 5.74) is 2.16. The van der Waals surface area contributed by atoms with Gasteiger partial charge in [-0.1, -0.05) is 48.5 Å². The Labute approximate surface area is 117 Å². The molecule has 0 saturated carbocycles. The number of hydrogen-bond donors (Lipinski definition) is 0.